The number of benzene rings is 1. The number of fused-ring (bicyclic) bond motifs is 1. The largest absolute Gasteiger partial charge is 0.490 e. The van der Waals surface area contributed by atoms with Crippen LogP contribution in [0, 0.1) is 31.1 Å². The van der Waals surface area contributed by atoms with E-state index < -0.39 is 5.92 Å². The van der Waals surface area contributed by atoms with E-state index in [1.54, 1.807) is 28.7 Å². The van der Waals surface area contributed by atoms with Gasteiger partial charge in [-0.25, -0.2) is 4.98 Å². The summed E-state index contributed by atoms with van der Waals surface area (Å²) >= 11 is 5.94. The lowest BCUT2D eigenvalue weighted by molar-refractivity contribution is 0.0972. The number of ketones is 1. The lowest BCUT2D eigenvalue weighted by Gasteiger charge is -2.12. The normalized spacial score (nSPS) is 12.2. The van der Waals surface area contributed by atoms with Crippen molar-refractivity contribution >= 4 is 23.0 Å². The van der Waals surface area contributed by atoms with Crippen molar-refractivity contribution in [2.75, 3.05) is 6.61 Å². The average Bonchev–Trinajstić information content (AvgIpc) is 3.02. The first-order valence-corrected chi connectivity index (χ1v) is 10.5. The number of aryl methyl sites for hydroxylation is 2. The maximum Gasteiger partial charge on any atom is 0.183 e. The molecule has 3 rings (SSSR count). The number of ether oxygens (including phenoxy) is 1. The van der Waals surface area contributed by atoms with Crippen molar-refractivity contribution in [1.29, 1.82) is 5.26 Å². The Morgan fingerprint density at radius 2 is 1.97 bits per heavy atom. The molecule has 1 atom stereocenters. The highest BCUT2D eigenvalue weighted by Gasteiger charge is 2.23. The second-order valence-electron chi connectivity index (χ2n) is 8.01. The van der Waals surface area contributed by atoms with Gasteiger partial charge in [-0.05, 0) is 55.5 Å². The van der Waals surface area contributed by atoms with Crippen molar-refractivity contribution in [3.05, 3.63) is 64.1 Å². The Bertz CT molecular complexity index is 1090. The highest BCUT2D eigenvalue weighted by atomic mass is 35.5. The summed E-state index contributed by atoms with van der Waals surface area (Å²) in [6.45, 7) is 8.68. The molecule has 0 saturated carbocycles. The third-order valence-corrected chi connectivity index (χ3v) is 5.28. The van der Waals surface area contributed by atoms with Crippen molar-refractivity contribution in [2.24, 2.45) is 5.92 Å². The Morgan fingerprint density at radius 1 is 1.27 bits per heavy atom. The maximum absolute atomic E-state index is 13.2. The molecule has 5 nitrogen and oxygen atoms in total. The second-order valence-corrected chi connectivity index (χ2v) is 8.45. The van der Waals surface area contributed by atoms with E-state index in [-0.39, 0.29) is 12.2 Å². The number of Topliss-reactive ketones (excluding diaryl/α,β-unsaturated/α-hetero) is 1. The molecule has 156 valence electrons. The molecule has 0 aliphatic rings. The van der Waals surface area contributed by atoms with Gasteiger partial charge in [-0.2, -0.15) is 5.26 Å². The zero-order valence-electron chi connectivity index (χ0n) is 17.8. The van der Waals surface area contributed by atoms with E-state index >= 15 is 0 Å². The quantitative estimate of drug-likeness (QED) is 0.422. The minimum Gasteiger partial charge on any atom is -0.490 e. The van der Waals surface area contributed by atoms with Gasteiger partial charge in [0, 0.05) is 17.6 Å². The van der Waals surface area contributed by atoms with Gasteiger partial charge in [0.1, 0.15) is 5.69 Å². The maximum atomic E-state index is 13.2. The van der Waals surface area contributed by atoms with Gasteiger partial charge in [-0.15, -0.1) is 0 Å². The molecule has 30 heavy (non-hydrogen) atoms. The molecule has 0 radical (unpaired) electrons. The van der Waals surface area contributed by atoms with E-state index in [2.05, 4.69) is 24.9 Å². The smallest absolute Gasteiger partial charge is 0.183 e. The average molecular weight is 424 g/mol. The van der Waals surface area contributed by atoms with Gasteiger partial charge >= 0.3 is 0 Å². The van der Waals surface area contributed by atoms with Crippen LogP contribution in [0.5, 0.6) is 5.75 Å². The molecular weight excluding hydrogens is 398 g/mol. The monoisotopic (exact) mass is 423 g/mol. The molecule has 0 amide bonds. The molecule has 0 N–H and O–H groups in total. The van der Waals surface area contributed by atoms with E-state index in [0.717, 1.165) is 17.5 Å². The van der Waals surface area contributed by atoms with E-state index in [9.17, 15) is 10.1 Å². The molecule has 1 aromatic carbocycles. The number of rotatable bonds is 8. The van der Waals surface area contributed by atoms with Gasteiger partial charge in [0.05, 0.1) is 24.3 Å². The van der Waals surface area contributed by atoms with Crippen molar-refractivity contribution in [1.82, 2.24) is 9.38 Å². The number of carbonyl (C=O) groups excluding carboxylic acids is 1. The Morgan fingerprint density at radius 3 is 2.60 bits per heavy atom. The summed E-state index contributed by atoms with van der Waals surface area (Å²) in [5.74, 6) is 0.541. The molecule has 6 heteroatoms. The third-order valence-electron chi connectivity index (χ3n) is 5.03. The fourth-order valence-electron chi connectivity index (χ4n) is 3.42. The fraction of sp³-hybridized carbons (Fsp3) is 0.375. The molecule has 0 spiro atoms. The number of hydrogen-bond donors (Lipinski definition) is 0. The van der Waals surface area contributed by atoms with Crippen LogP contribution in [0.2, 0.25) is 5.02 Å². The molecule has 0 fully saturated rings. The Kier molecular flexibility index (Phi) is 6.79. The standard InChI is InChI=1S/C24H26ClN3O2/c1-15(2)9-10-30-22-11-16(3)14-28-23(17(4)27-24(22)28)21(29)12-19(13-26)18-5-7-20(25)8-6-18/h5-8,11,14-15,19H,9-10,12H2,1-4H3. The van der Waals surface area contributed by atoms with Crippen LogP contribution >= 0.6 is 11.6 Å². The predicted molar refractivity (Wildman–Crippen MR) is 118 cm³/mol. The molecule has 1 unspecified atom stereocenters. The Balaban J connectivity index is 1.92. The topological polar surface area (TPSA) is 67.4 Å². The molecule has 0 bridgehead atoms. The van der Waals surface area contributed by atoms with E-state index in [1.807, 2.05) is 26.1 Å². The van der Waals surface area contributed by atoms with Crippen LogP contribution in [0.4, 0.5) is 0 Å². The van der Waals surface area contributed by atoms with Crippen molar-refractivity contribution in [3.63, 3.8) is 0 Å². The minimum absolute atomic E-state index is 0.0737. The van der Waals surface area contributed by atoms with E-state index in [4.69, 9.17) is 16.3 Å². The summed E-state index contributed by atoms with van der Waals surface area (Å²) in [5, 5.41) is 10.2. The molecule has 3 aromatic rings. The molecule has 2 heterocycles. The number of halogens is 1. The van der Waals surface area contributed by atoms with E-state index in [0.29, 0.717) is 40.3 Å². The summed E-state index contributed by atoms with van der Waals surface area (Å²) < 4.78 is 7.78. The number of aromatic nitrogens is 2. The van der Waals surface area contributed by atoms with Crippen LogP contribution in [0.1, 0.15) is 59.9 Å². The van der Waals surface area contributed by atoms with Crippen LogP contribution in [0.3, 0.4) is 0 Å². The lowest BCUT2D eigenvalue weighted by atomic mass is 9.94. The fourth-order valence-corrected chi connectivity index (χ4v) is 3.55. The number of nitrogens with zero attached hydrogens (tertiary/aromatic N) is 3. The van der Waals surface area contributed by atoms with Crippen molar-refractivity contribution < 1.29 is 9.53 Å². The summed E-state index contributed by atoms with van der Waals surface area (Å²) in [6, 6.07) is 11.2. The lowest BCUT2D eigenvalue weighted by Crippen LogP contribution is -2.11. The molecule has 0 saturated heterocycles. The molecule has 0 aliphatic carbocycles. The van der Waals surface area contributed by atoms with Gasteiger partial charge in [0.2, 0.25) is 0 Å². The highest BCUT2D eigenvalue weighted by molar-refractivity contribution is 6.30. The van der Waals surface area contributed by atoms with Crippen molar-refractivity contribution in [2.45, 2.75) is 46.5 Å². The van der Waals surface area contributed by atoms with Crippen LogP contribution in [-0.4, -0.2) is 21.8 Å². The first-order valence-electron chi connectivity index (χ1n) is 10.1. The first-order chi connectivity index (χ1) is 14.3. The highest BCUT2D eigenvalue weighted by Crippen LogP contribution is 2.28. The van der Waals surface area contributed by atoms with Crippen LogP contribution in [-0.2, 0) is 0 Å². The summed E-state index contributed by atoms with van der Waals surface area (Å²) in [4.78, 5) is 17.8. The first kappa shape index (κ1) is 21.9. The van der Waals surface area contributed by atoms with Crippen LogP contribution in [0.25, 0.3) is 5.65 Å². The zero-order valence-corrected chi connectivity index (χ0v) is 18.5. The predicted octanol–water partition coefficient (Wildman–Crippen LogP) is 5.91. The minimum atomic E-state index is -0.550. The van der Waals surface area contributed by atoms with E-state index in [1.165, 1.54) is 0 Å². The number of imidazole rings is 1. The summed E-state index contributed by atoms with van der Waals surface area (Å²) in [5.41, 5.74) is 3.51. The summed E-state index contributed by atoms with van der Waals surface area (Å²) in [7, 11) is 0. The molecular formula is C24H26ClN3O2. The number of nitriles is 1. The Labute approximate surface area is 182 Å². The van der Waals surface area contributed by atoms with Crippen LogP contribution in [0.15, 0.2) is 36.5 Å². The zero-order chi connectivity index (χ0) is 21.8. The van der Waals surface area contributed by atoms with Gasteiger partial charge in [0.15, 0.2) is 17.2 Å². The number of hydrogen-bond acceptors (Lipinski definition) is 4. The molecule has 0 aliphatic heterocycles. The Hall–Kier alpha value is -2.84. The van der Waals surface area contributed by atoms with Gasteiger partial charge in [-0.3, -0.25) is 9.20 Å². The van der Waals surface area contributed by atoms with Crippen LogP contribution < -0.4 is 4.74 Å². The number of pyridine rings is 1. The third kappa shape index (κ3) is 4.83. The number of carbonyl (C=O) groups is 1. The SMILES string of the molecule is Cc1cc(OCCC(C)C)c2nc(C)c(C(=O)CC(C#N)c3ccc(Cl)cc3)n2c1. The summed E-state index contributed by atoms with van der Waals surface area (Å²) in [6.07, 6.45) is 2.91. The molecule has 2 aromatic heterocycles. The van der Waals surface area contributed by atoms with Gasteiger partial charge < -0.3 is 4.74 Å². The second kappa shape index (κ2) is 9.32. The van der Waals surface area contributed by atoms with Gasteiger partial charge in [-0.1, -0.05) is 37.6 Å². The van der Waals surface area contributed by atoms with Crippen molar-refractivity contribution in [3.8, 4) is 11.8 Å². The van der Waals surface area contributed by atoms with Gasteiger partial charge in [0.25, 0.3) is 0 Å².